The summed E-state index contributed by atoms with van der Waals surface area (Å²) in [5.74, 6) is -0.310. The Hall–Kier alpha value is -1.88. The van der Waals surface area contributed by atoms with Crippen LogP contribution in [0.4, 0.5) is 0 Å². The first-order valence-corrected chi connectivity index (χ1v) is 7.47. The van der Waals surface area contributed by atoms with Crippen LogP contribution in [0.2, 0.25) is 0 Å². The Kier molecular flexibility index (Phi) is 5.75. The maximum atomic E-state index is 11.8. The minimum absolute atomic E-state index is 0.130. The lowest BCUT2D eigenvalue weighted by Gasteiger charge is -2.28. The minimum atomic E-state index is -0.443. The first kappa shape index (κ1) is 15.5. The summed E-state index contributed by atoms with van der Waals surface area (Å²) in [6, 6.07) is 8.76. The van der Waals surface area contributed by atoms with E-state index in [2.05, 4.69) is 10.6 Å². The highest BCUT2D eigenvalue weighted by Gasteiger charge is 2.24. The van der Waals surface area contributed by atoms with Crippen LogP contribution < -0.4 is 10.6 Å². The zero-order chi connectivity index (χ0) is 15.1. The number of rotatable bonds is 5. The third kappa shape index (κ3) is 4.86. The van der Waals surface area contributed by atoms with Gasteiger partial charge >= 0.3 is 0 Å². The predicted octanol–water partition coefficient (Wildman–Crippen LogP) is 1.23. The summed E-state index contributed by atoms with van der Waals surface area (Å²) in [4.78, 5) is 23.6. The van der Waals surface area contributed by atoms with Gasteiger partial charge < -0.3 is 15.7 Å². The van der Waals surface area contributed by atoms with Gasteiger partial charge in [-0.3, -0.25) is 9.59 Å². The predicted molar refractivity (Wildman–Crippen MR) is 79.8 cm³/mol. The number of hydrogen-bond acceptors (Lipinski definition) is 3. The van der Waals surface area contributed by atoms with Crippen molar-refractivity contribution in [3.8, 4) is 0 Å². The second kappa shape index (κ2) is 7.78. The Morgan fingerprint density at radius 1 is 1.14 bits per heavy atom. The number of carbonyl (C=O) groups is 2. The van der Waals surface area contributed by atoms with Crippen molar-refractivity contribution in [2.24, 2.45) is 0 Å². The van der Waals surface area contributed by atoms with Crippen molar-refractivity contribution in [2.75, 3.05) is 6.54 Å². The molecule has 0 bridgehead atoms. The minimum Gasteiger partial charge on any atom is -0.391 e. The maximum absolute atomic E-state index is 11.8. The van der Waals surface area contributed by atoms with Crippen LogP contribution in [0.5, 0.6) is 0 Å². The molecule has 0 radical (unpaired) electrons. The standard InChI is InChI=1S/C16H22N2O3/c19-14-9-5-4-8-13(14)18-15(20)10-11-17-16(21)12-6-2-1-3-7-12/h1-3,6-7,13-14,19H,4-5,8-11H2,(H,17,21)(H,18,20)/t13-,14-/m1/s1. The molecule has 1 fully saturated rings. The van der Waals surface area contributed by atoms with E-state index in [1.54, 1.807) is 24.3 Å². The van der Waals surface area contributed by atoms with E-state index in [-0.39, 0.29) is 24.3 Å². The van der Waals surface area contributed by atoms with Crippen LogP contribution in [0.15, 0.2) is 30.3 Å². The Bertz CT molecular complexity index is 476. The average molecular weight is 290 g/mol. The van der Waals surface area contributed by atoms with Crippen LogP contribution >= 0.6 is 0 Å². The zero-order valence-electron chi connectivity index (χ0n) is 12.0. The van der Waals surface area contributed by atoms with E-state index in [0.717, 1.165) is 25.7 Å². The van der Waals surface area contributed by atoms with Crippen molar-refractivity contribution in [3.63, 3.8) is 0 Å². The summed E-state index contributed by atoms with van der Waals surface area (Å²) >= 11 is 0. The van der Waals surface area contributed by atoms with Gasteiger partial charge in [0.25, 0.3) is 5.91 Å². The Balaban J connectivity index is 1.68. The molecule has 1 aliphatic rings. The average Bonchev–Trinajstić information content (AvgIpc) is 2.50. The van der Waals surface area contributed by atoms with Crippen LogP contribution in [0, 0.1) is 0 Å². The maximum Gasteiger partial charge on any atom is 0.251 e. The molecule has 2 amide bonds. The lowest BCUT2D eigenvalue weighted by Crippen LogP contribution is -2.45. The van der Waals surface area contributed by atoms with Gasteiger partial charge in [0.1, 0.15) is 0 Å². The smallest absolute Gasteiger partial charge is 0.251 e. The summed E-state index contributed by atoms with van der Waals surface area (Å²) in [7, 11) is 0. The van der Waals surface area contributed by atoms with Crippen LogP contribution in [-0.4, -0.2) is 35.6 Å². The number of amides is 2. The van der Waals surface area contributed by atoms with Gasteiger partial charge in [-0.05, 0) is 25.0 Å². The molecule has 21 heavy (non-hydrogen) atoms. The van der Waals surface area contributed by atoms with Crippen molar-refractivity contribution >= 4 is 11.8 Å². The van der Waals surface area contributed by atoms with Gasteiger partial charge in [0.15, 0.2) is 0 Å². The quantitative estimate of drug-likeness (QED) is 0.763. The SMILES string of the molecule is O=C(CCNC(=O)c1ccccc1)N[C@@H]1CCCC[C@H]1O. The van der Waals surface area contributed by atoms with Crippen molar-refractivity contribution in [3.05, 3.63) is 35.9 Å². The number of nitrogens with one attached hydrogen (secondary N) is 2. The van der Waals surface area contributed by atoms with Crippen LogP contribution in [0.3, 0.4) is 0 Å². The third-order valence-corrected chi connectivity index (χ3v) is 3.75. The highest BCUT2D eigenvalue weighted by Crippen LogP contribution is 2.18. The zero-order valence-corrected chi connectivity index (χ0v) is 12.0. The molecule has 1 aromatic carbocycles. The first-order chi connectivity index (χ1) is 10.2. The van der Waals surface area contributed by atoms with E-state index in [1.807, 2.05) is 6.07 Å². The molecule has 0 saturated heterocycles. The molecule has 1 saturated carbocycles. The number of aliphatic hydroxyl groups excluding tert-OH is 1. The van der Waals surface area contributed by atoms with Gasteiger partial charge in [0.2, 0.25) is 5.91 Å². The van der Waals surface area contributed by atoms with Gasteiger partial charge in [-0.25, -0.2) is 0 Å². The van der Waals surface area contributed by atoms with Gasteiger partial charge in [-0.2, -0.15) is 0 Å². The fourth-order valence-electron chi connectivity index (χ4n) is 2.54. The van der Waals surface area contributed by atoms with Gasteiger partial charge in [0, 0.05) is 18.5 Å². The molecule has 5 heteroatoms. The molecule has 0 unspecified atom stereocenters. The van der Waals surface area contributed by atoms with E-state index in [9.17, 15) is 14.7 Å². The van der Waals surface area contributed by atoms with Gasteiger partial charge in [-0.15, -0.1) is 0 Å². The lowest BCUT2D eigenvalue weighted by atomic mass is 9.92. The number of hydrogen-bond donors (Lipinski definition) is 3. The summed E-state index contributed by atoms with van der Waals surface area (Å²) in [5.41, 5.74) is 0.584. The molecule has 0 aromatic heterocycles. The summed E-state index contributed by atoms with van der Waals surface area (Å²) in [5, 5.41) is 15.4. The normalized spacial score (nSPS) is 21.6. The van der Waals surface area contributed by atoms with Crippen molar-refractivity contribution in [1.29, 1.82) is 0 Å². The topological polar surface area (TPSA) is 78.4 Å². The van der Waals surface area contributed by atoms with Crippen molar-refractivity contribution in [1.82, 2.24) is 10.6 Å². The second-order valence-corrected chi connectivity index (χ2v) is 5.40. The van der Waals surface area contributed by atoms with Crippen LogP contribution in [0.1, 0.15) is 42.5 Å². The number of benzene rings is 1. The van der Waals surface area contributed by atoms with E-state index < -0.39 is 6.10 Å². The second-order valence-electron chi connectivity index (χ2n) is 5.40. The van der Waals surface area contributed by atoms with Crippen LogP contribution in [0.25, 0.3) is 0 Å². The number of aliphatic hydroxyl groups is 1. The summed E-state index contributed by atoms with van der Waals surface area (Å²) in [6.07, 6.45) is 3.40. The molecular weight excluding hydrogens is 268 g/mol. The first-order valence-electron chi connectivity index (χ1n) is 7.47. The molecule has 0 aliphatic heterocycles. The van der Waals surface area contributed by atoms with E-state index >= 15 is 0 Å². The number of carbonyl (C=O) groups excluding carboxylic acids is 2. The molecule has 2 atom stereocenters. The fourth-order valence-corrected chi connectivity index (χ4v) is 2.54. The molecule has 1 aromatic rings. The molecule has 2 rings (SSSR count). The highest BCUT2D eigenvalue weighted by molar-refractivity contribution is 5.94. The molecule has 0 spiro atoms. The van der Waals surface area contributed by atoms with Crippen molar-refractivity contribution < 1.29 is 14.7 Å². The summed E-state index contributed by atoms with van der Waals surface area (Å²) < 4.78 is 0. The highest BCUT2D eigenvalue weighted by atomic mass is 16.3. The van der Waals surface area contributed by atoms with E-state index in [1.165, 1.54) is 0 Å². The Morgan fingerprint density at radius 3 is 2.57 bits per heavy atom. The van der Waals surface area contributed by atoms with E-state index in [0.29, 0.717) is 12.1 Å². The fraction of sp³-hybridized carbons (Fsp3) is 0.500. The molecule has 3 N–H and O–H groups in total. The van der Waals surface area contributed by atoms with Gasteiger partial charge in [-0.1, -0.05) is 31.0 Å². The Morgan fingerprint density at radius 2 is 1.86 bits per heavy atom. The lowest BCUT2D eigenvalue weighted by molar-refractivity contribution is -0.122. The molecule has 5 nitrogen and oxygen atoms in total. The molecular formula is C16H22N2O3. The monoisotopic (exact) mass is 290 g/mol. The molecule has 1 aliphatic carbocycles. The molecule has 0 heterocycles. The largest absolute Gasteiger partial charge is 0.391 e. The van der Waals surface area contributed by atoms with Gasteiger partial charge in [0.05, 0.1) is 12.1 Å². The third-order valence-electron chi connectivity index (χ3n) is 3.75. The van der Waals surface area contributed by atoms with Crippen molar-refractivity contribution in [2.45, 2.75) is 44.2 Å². The summed E-state index contributed by atoms with van der Waals surface area (Å²) in [6.45, 7) is 0.294. The molecule has 114 valence electrons. The van der Waals surface area contributed by atoms with Crippen LogP contribution in [-0.2, 0) is 4.79 Å². The Labute approximate surface area is 124 Å². The van der Waals surface area contributed by atoms with E-state index in [4.69, 9.17) is 0 Å².